The van der Waals surface area contributed by atoms with Crippen molar-refractivity contribution in [2.45, 2.75) is 45.1 Å². The lowest BCUT2D eigenvalue weighted by atomic mass is 9.92. The molecule has 0 amide bonds. The van der Waals surface area contributed by atoms with Crippen LogP contribution in [-0.2, 0) is 0 Å². The molecule has 0 aliphatic heterocycles. The highest BCUT2D eigenvalue weighted by atomic mass is 16.5. The van der Waals surface area contributed by atoms with Gasteiger partial charge < -0.3 is 25.7 Å². The van der Waals surface area contributed by atoms with Gasteiger partial charge in [0.15, 0.2) is 0 Å². The van der Waals surface area contributed by atoms with E-state index in [0.717, 1.165) is 52.9 Å². The Kier molecular flexibility index (Phi) is 6.60. The zero-order valence-electron chi connectivity index (χ0n) is 16.7. The molecule has 3 aromatic rings. The number of aliphatic hydroxyl groups is 1. The van der Waals surface area contributed by atoms with Crippen LogP contribution < -0.4 is 16.2 Å². The van der Waals surface area contributed by atoms with Crippen LogP contribution in [0.3, 0.4) is 0 Å². The zero-order chi connectivity index (χ0) is 20.1. The second-order valence-electron chi connectivity index (χ2n) is 7.29. The van der Waals surface area contributed by atoms with Crippen LogP contribution in [0.5, 0.6) is 5.75 Å². The third kappa shape index (κ3) is 4.32. The minimum absolute atomic E-state index is 0.210. The van der Waals surface area contributed by atoms with E-state index in [1.807, 2.05) is 42.5 Å². The molecule has 5 nitrogen and oxygen atoms in total. The highest BCUT2D eigenvalue weighted by Gasteiger charge is 2.25. The van der Waals surface area contributed by atoms with E-state index in [0.29, 0.717) is 18.8 Å². The fourth-order valence-electron chi connectivity index (χ4n) is 3.55. The molecule has 5 heteroatoms. The first-order valence-electron chi connectivity index (χ1n) is 9.97. The van der Waals surface area contributed by atoms with Crippen LogP contribution in [0.4, 0.5) is 5.69 Å². The van der Waals surface area contributed by atoms with Gasteiger partial charge in [0.1, 0.15) is 23.2 Å². The summed E-state index contributed by atoms with van der Waals surface area (Å²) in [6.07, 6.45) is 2.05. The van der Waals surface area contributed by atoms with Gasteiger partial charge >= 0.3 is 0 Å². The summed E-state index contributed by atoms with van der Waals surface area (Å²) in [7, 11) is 0. The predicted octanol–water partition coefficient (Wildman–Crippen LogP) is 4.73. The van der Waals surface area contributed by atoms with Gasteiger partial charge in [-0.15, -0.1) is 0 Å². The molecule has 1 aromatic heterocycles. The van der Waals surface area contributed by atoms with Crippen molar-refractivity contribution in [1.82, 2.24) is 0 Å². The van der Waals surface area contributed by atoms with Gasteiger partial charge in [0.25, 0.3) is 0 Å². The van der Waals surface area contributed by atoms with Crippen LogP contribution in [0.15, 0.2) is 46.9 Å². The van der Waals surface area contributed by atoms with Crippen LogP contribution >= 0.6 is 0 Å². The quantitative estimate of drug-likeness (QED) is 0.367. The van der Waals surface area contributed by atoms with Crippen molar-refractivity contribution in [2.75, 3.05) is 18.9 Å². The summed E-state index contributed by atoms with van der Waals surface area (Å²) >= 11 is 0. The van der Waals surface area contributed by atoms with E-state index in [4.69, 9.17) is 20.6 Å². The predicted molar refractivity (Wildman–Crippen MR) is 114 cm³/mol. The van der Waals surface area contributed by atoms with Crippen molar-refractivity contribution in [3.05, 3.63) is 59.4 Å². The third-order valence-corrected chi connectivity index (χ3v) is 5.03. The second kappa shape index (κ2) is 9.13. The molecule has 0 radical (unpaired) electrons. The number of furan rings is 1. The molecule has 0 aliphatic rings. The number of hydrogen-bond acceptors (Lipinski definition) is 5. The average Bonchev–Trinajstić information content (AvgIpc) is 3.07. The molecule has 0 fully saturated rings. The van der Waals surface area contributed by atoms with Gasteiger partial charge in [0, 0.05) is 22.6 Å². The highest BCUT2D eigenvalue weighted by Crippen LogP contribution is 2.40. The number of fused-ring (bicyclic) bond motifs is 1. The molecule has 150 valence electrons. The van der Waals surface area contributed by atoms with Gasteiger partial charge in [0.05, 0.1) is 6.61 Å². The fourth-order valence-corrected chi connectivity index (χ4v) is 3.55. The molecule has 2 unspecified atom stereocenters. The van der Waals surface area contributed by atoms with Crippen LogP contribution in [0, 0.1) is 0 Å². The first kappa shape index (κ1) is 20.2. The largest absolute Gasteiger partial charge is 0.494 e. The van der Waals surface area contributed by atoms with Crippen molar-refractivity contribution >= 4 is 16.7 Å². The number of nitrogens with two attached hydrogens (primary N) is 2. The SMILES string of the molecule is CCCC(C)c1oc2ccc(N)cc2c1C(O)c1ccc(OCCCN)cc1. The molecule has 2 aromatic carbocycles. The topological polar surface area (TPSA) is 94.6 Å². The summed E-state index contributed by atoms with van der Waals surface area (Å²) in [5.41, 5.74) is 14.5. The maximum absolute atomic E-state index is 11.2. The highest BCUT2D eigenvalue weighted by molar-refractivity contribution is 5.86. The summed E-state index contributed by atoms with van der Waals surface area (Å²) in [4.78, 5) is 0. The van der Waals surface area contributed by atoms with Crippen molar-refractivity contribution in [3.63, 3.8) is 0 Å². The Bertz CT molecular complexity index is 902. The molecule has 1 heterocycles. The van der Waals surface area contributed by atoms with E-state index in [-0.39, 0.29) is 5.92 Å². The standard InChI is InChI=1S/C23H30N2O3/c1-3-5-15(2)23-21(19-14-17(25)8-11-20(19)28-23)22(26)16-6-9-18(10-7-16)27-13-4-12-24/h6-11,14-15,22,26H,3-5,12-13,24-25H2,1-2H3. The number of benzene rings is 2. The van der Waals surface area contributed by atoms with Gasteiger partial charge in [-0.25, -0.2) is 0 Å². The summed E-state index contributed by atoms with van der Waals surface area (Å²) in [5, 5.41) is 12.1. The van der Waals surface area contributed by atoms with E-state index in [9.17, 15) is 5.11 Å². The van der Waals surface area contributed by atoms with E-state index in [1.54, 1.807) is 0 Å². The molecule has 28 heavy (non-hydrogen) atoms. The fraction of sp³-hybridized carbons (Fsp3) is 0.391. The summed E-state index contributed by atoms with van der Waals surface area (Å²) in [6, 6.07) is 13.1. The zero-order valence-corrected chi connectivity index (χ0v) is 16.7. The smallest absolute Gasteiger partial charge is 0.134 e. The molecule has 2 atom stereocenters. The Balaban J connectivity index is 1.96. The molecule has 0 saturated carbocycles. The molecular weight excluding hydrogens is 352 g/mol. The van der Waals surface area contributed by atoms with Gasteiger partial charge in [-0.1, -0.05) is 32.4 Å². The van der Waals surface area contributed by atoms with Crippen LogP contribution in [-0.4, -0.2) is 18.3 Å². The van der Waals surface area contributed by atoms with Crippen LogP contribution in [0.2, 0.25) is 0 Å². The lowest BCUT2D eigenvalue weighted by Gasteiger charge is -2.16. The second-order valence-corrected chi connectivity index (χ2v) is 7.29. The molecule has 0 aliphatic carbocycles. The lowest BCUT2D eigenvalue weighted by molar-refractivity contribution is 0.217. The minimum Gasteiger partial charge on any atom is -0.494 e. The Hall–Kier alpha value is -2.50. The van der Waals surface area contributed by atoms with Gasteiger partial charge in [0.2, 0.25) is 0 Å². The van der Waals surface area contributed by atoms with Crippen molar-refractivity contribution in [2.24, 2.45) is 5.73 Å². The first-order chi connectivity index (χ1) is 13.5. The number of aliphatic hydroxyl groups excluding tert-OH is 1. The molecule has 0 bridgehead atoms. The number of nitrogen functional groups attached to an aromatic ring is 1. The molecule has 5 N–H and O–H groups in total. The minimum atomic E-state index is -0.796. The van der Waals surface area contributed by atoms with E-state index < -0.39 is 6.10 Å². The average molecular weight is 383 g/mol. The van der Waals surface area contributed by atoms with E-state index >= 15 is 0 Å². The summed E-state index contributed by atoms with van der Waals surface area (Å²) in [5.74, 6) is 1.81. The molecule has 0 saturated heterocycles. The van der Waals surface area contributed by atoms with E-state index in [2.05, 4.69) is 13.8 Å². The first-order valence-corrected chi connectivity index (χ1v) is 9.97. The van der Waals surface area contributed by atoms with Crippen LogP contribution in [0.1, 0.15) is 62.0 Å². The molecule has 3 rings (SSSR count). The number of rotatable bonds is 9. The van der Waals surface area contributed by atoms with Crippen molar-refractivity contribution < 1.29 is 14.3 Å². The Morgan fingerprint density at radius 1 is 1.14 bits per heavy atom. The molecular formula is C23H30N2O3. The van der Waals surface area contributed by atoms with Crippen LogP contribution in [0.25, 0.3) is 11.0 Å². The lowest BCUT2D eigenvalue weighted by Crippen LogP contribution is -2.07. The summed E-state index contributed by atoms with van der Waals surface area (Å²) < 4.78 is 11.8. The van der Waals surface area contributed by atoms with Gasteiger partial charge in [-0.3, -0.25) is 0 Å². The summed E-state index contributed by atoms with van der Waals surface area (Å²) in [6.45, 7) is 5.47. The normalized spacial score (nSPS) is 13.6. The number of anilines is 1. The Morgan fingerprint density at radius 3 is 2.57 bits per heavy atom. The maximum Gasteiger partial charge on any atom is 0.134 e. The molecule has 0 spiro atoms. The number of hydrogen-bond donors (Lipinski definition) is 3. The third-order valence-electron chi connectivity index (χ3n) is 5.03. The Labute approximate surface area is 166 Å². The van der Waals surface area contributed by atoms with Gasteiger partial charge in [-0.05, 0) is 55.3 Å². The number of ether oxygens (including phenoxy) is 1. The van der Waals surface area contributed by atoms with Crippen molar-refractivity contribution in [3.8, 4) is 5.75 Å². The Morgan fingerprint density at radius 2 is 1.89 bits per heavy atom. The monoisotopic (exact) mass is 382 g/mol. The maximum atomic E-state index is 11.2. The van der Waals surface area contributed by atoms with E-state index in [1.165, 1.54) is 0 Å². The van der Waals surface area contributed by atoms with Crippen molar-refractivity contribution in [1.29, 1.82) is 0 Å². The van der Waals surface area contributed by atoms with Gasteiger partial charge in [-0.2, -0.15) is 0 Å².